The minimum absolute atomic E-state index is 0.0110. The summed E-state index contributed by atoms with van der Waals surface area (Å²) in [6, 6.07) is 10.1. The zero-order valence-corrected chi connectivity index (χ0v) is 16.0. The van der Waals surface area contributed by atoms with Crippen LogP contribution < -0.4 is 15.5 Å². The molecule has 2 aromatic rings. The van der Waals surface area contributed by atoms with E-state index in [0.717, 1.165) is 11.3 Å². The molecule has 2 aromatic carbocycles. The van der Waals surface area contributed by atoms with E-state index in [-0.39, 0.29) is 18.4 Å². The van der Waals surface area contributed by atoms with Crippen molar-refractivity contribution in [2.45, 2.75) is 26.3 Å². The lowest BCUT2D eigenvalue weighted by molar-refractivity contribution is -0.117. The van der Waals surface area contributed by atoms with Crippen LogP contribution in [0.3, 0.4) is 0 Å². The van der Waals surface area contributed by atoms with E-state index in [1.54, 1.807) is 23.1 Å². The van der Waals surface area contributed by atoms with E-state index in [2.05, 4.69) is 10.6 Å². The van der Waals surface area contributed by atoms with Gasteiger partial charge in [0.2, 0.25) is 5.91 Å². The van der Waals surface area contributed by atoms with E-state index in [1.807, 2.05) is 32.0 Å². The number of hydrogen-bond acceptors (Lipinski definition) is 2. The standard InChI is InChI=1S/C19H19Cl2N3O2/c1-11-3-5-15(7-12(11)2)24-10-14(9-18(24)25)22-19(26)23-17-6-4-13(20)8-16(17)21/h3-8,14H,9-10H2,1-2H3,(H2,22,23,26)/t14-/m0/s1. The maximum atomic E-state index is 12.3. The van der Waals surface area contributed by atoms with Gasteiger partial charge in [-0.05, 0) is 55.3 Å². The molecule has 136 valence electrons. The van der Waals surface area contributed by atoms with Gasteiger partial charge in [-0.2, -0.15) is 0 Å². The van der Waals surface area contributed by atoms with Gasteiger partial charge in [-0.15, -0.1) is 0 Å². The van der Waals surface area contributed by atoms with Crippen LogP contribution in [0.2, 0.25) is 10.0 Å². The molecule has 1 aliphatic heterocycles. The van der Waals surface area contributed by atoms with E-state index in [4.69, 9.17) is 23.2 Å². The summed E-state index contributed by atoms with van der Waals surface area (Å²) in [7, 11) is 0. The van der Waals surface area contributed by atoms with Crippen LogP contribution in [-0.2, 0) is 4.79 Å². The number of nitrogens with zero attached hydrogens (tertiary/aromatic N) is 1. The van der Waals surface area contributed by atoms with E-state index < -0.39 is 6.03 Å². The van der Waals surface area contributed by atoms with Crippen LogP contribution in [0.4, 0.5) is 16.2 Å². The predicted molar refractivity (Wildman–Crippen MR) is 105 cm³/mol. The Morgan fingerprint density at radius 3 is 2.58 bits per heavy atom. The predicted octanol–water partition coefficient (Wildman–Crippen LogP) is 4.54. The highest BCUT2D eigenvalue weighted by atomic mass is 35.5. The summed E-state index contributed by atoms with van der Waals surface area (Å²) in [5.74, 6) is -0.0110. The summed E-state index contributed by atoms with van der Waals surface area (Å²) in [5.41, 5.74) is 3.61. The van der Waals surface area contributed by atoms with Crippen molar-refractivity contribution in [3.63, 3.8) is 0 Å². The molecule has 0 aliphatic carbocycles. The van der Waals surface area contributed by atoms with Crippen molar-refractivity contribution in [2.24, 2.45) is 0 Å². The number of benzene rings is 2. The van der Waals surface area contributed by atoms with Gasteiger partial charge in [-0.25, -0.2) is 4.79 Å². The first-order chi connectivity index (χ1) is 12.3. The summed E-state index contributed by atoms with van der Waals surface area (Å²) in [6.45, 7) is 4.48. The number of anilines is 2. The number of urea groups is 1. The van der Waals surface area contributed by atoms with Crippen LogP contribution in [0.15, 0.2) is 36.4 Å². The van der Waals surface area contributed by atoms with Crippen molar-refractivity contribution in [3.8, 4) is 0 Å². The third kappa shape index (κ3) is 4.11. The van der Waals surface area contributed by atoms with Gasteiger partial charge in [-0.1, -0.05) is 29.3 Å². The normalized spacial score (nSPS) is 16.7. The molecule has 5 nitrogen and oxygen atoms in total. The van der Waals surface area contributed by atoms with Gasteiger partial charge in [0.25, 0.3) is 0 Å². The number of amides is 3. The van der Waals surface area contributed by atoms with Crippen LogP contribution in [0.5, 0.6) is 0 Å². The summed E-state index contributed by atoms with van der Waals surface area (Å²) in [4.78, 5) is 26.2. The Bertz CT molecular complexity index is 870. The number of nitrogens with one attached hydrogen (secondary N) is 2. The molecule has 0 saturated carbocycles. The van der Waals surface area contributed by atoms with Gasteiger partial charge < -0.3 is 15.5 Å². The molecule has 1 heterocycles. The summed E-state index contributed by atoms with van der Waals surface area (Å²) < 4.78 is 0. The maximum absolute atomic E-state index is 12.3. The third-order valence-electron chi connectivity index (χ3n) is 4.44. The van der Waals surface area contributed by atoms with Crippen molar-refractivity contribution < 1.29 is 9.59 Å². The topological polar surface area (TPSA) is 61.4 Å². The molecule has 3 rings (SSSR count). The number of hydrogen-bond donors (Lipinski definition) is 2. The van der Waals surface area contributed by atoms with Crippen LogP contribution in [-0.4, -0.2) is 24.5 Å². The second kappa shape index (κ2) is 7.56. The van der Waals surface area contributed by atoms with Crippen molar-refractivity contribution in [1.82, 2.24) is 5.32 Å². The van der Waals surface area contributed by atoms with Gasteiger partial charge >= 0.3 is 6.03 Å². The molecule has 1 atom stereocenters. The third-order valence-corrected chi connectivity index (χ3v) is 4.99. The zero-order valence-electron chi connectivity index (χ0n) is 14.5. The highest BCUT2D eigenvalue weighted by Crippen LogP contribution is 2.26. The van der Waals surface area contributed by atoms with Gasteiger partial charge in [0.05, 0.1) is 16.8 Å². The molecule has 0 bridgehead atoms. The second-order valence-corrected chi connectivity index (χ2v) is 7.24. The average molecular weight is 392 g/mol. The van der Waals surface area contributed by atoms with Crippen LogP contribution in [0.1, 0.15) is 17.5 Å². The Morgan fingerprint density at radius 1 is 1.12 bits per heavy atom. The lowest BCUT2D eigenvalue weighted by atomic mass is 10.1. The van der Waals surface area contributed by atoms with E-state index in [1.165, 1.54) is 5.56 Å². The minimum Gasteiger partial charge on any atom is -0.333 e. The highest BCUT2D eigenvalue weighted by molar-refractivity contribution is 6.36. The number of aryl methyl sites for hydroxylation is 2. The summed E-state index contributed by atoms with van der Waals surface area (Å²) >= 11 is 11.9. The molecule has 3 amide bonds. The molecule has 1 aliphatic rings. The fourth-order valence-electron chi connectivity index (χ4n) is 2.88. The van der Waals surface area contributed by atoms with Crippen LogP contribution in [0, 0.1) is 13.8 Å². The monoisotopic (exact) mass is 391 g/mol. The summed E-state index contributed by atoms with van der Waals surface area (Å²) in [6.07, 6.45) is 0.259. The molecule has 0 spiro atoms. The van der Waals surface area contributed by atoms with Crippen molar-refractivity contribution >= 4 is 46.5 Å². The first kappa shape index (κ1) is 18.5. The van der Waals surface area contributed by atoms with Gasteiger partial charge in [0.1, 0.15) is 0 Å². The van der Waals surface area contributed by atoms with Gasteiger partial charge in [-0.3, -0.25) is 4.79 Å². The quantitative estimate of drug-likeness (QED) is 0.806. The second-order valence-electron chi connectivity index (χ2n) is 6.40. The number of carbonyl (C=O) groups is 2. The first-order valence-corrected chi connectivity index (χ1v) is 8.99. The molecule has 0 radical (unpaired) electrons. The van der Waals surface area contributed by atoms with E-state index >= 15 is 0 Å². The van der Waals surface area contributed by atoms with Crippen LogP contribution in [0.25, 0.3) is 0 Å². The lowest BCUT2D eigenvalue weighted by Crippen LogP contribution is -2.39. The Balaban J connectivity index is 1.63. The molecule has 0 aromatic heterocycles. The fourth-order valence-corrected chi connectivity index (χ4v) is 3.34. The van der Waals surface area contributed by atoms with Crippen molar-refractivity contribution in [3.05, 3.63) is 57.6 Å². The largest absolute Gasteiger partial charge is 0.333 e. The number of carbonyl (C=O) groups excluding carboxylic acids is 2. The maximum Gasteiger partial charge on any atom is 0.319 e. The van der Waals surface area contributed by atoms with Crippen molar-refractivity contribution in [2.75, 3.05) is 16.8 Å². The Hall–Kier alpha value is -2.24. The molecular formula is C19H19Cl2N3O2. The molecule has 7 heteroatoms. The number of halogens is 2. The molecule has 26 heavy (non-hydrogen) atoms. The van der Waals surface area contributed by atoms with Gasteiger partial charge in [0, 0.05) is 23.7 Å². The fraction of sp³-hybridized carbons (Fsp3) is 0.263. The smallest absolute Gasteiger partial charge is 0.319 e. The molecule has 0 unspecified atom stereocenters. The Morgan fingerprint density at radius 2 is 1.88 bits per heavy atom. The van der Waals surface area contributed by atoms with E-state index in [9.17, 15) is 9.59 Å². The Labute approximate surface area is 162 Å². The molecule has 2 N–H and O–H groups in total. The molecular weight excluding hydrogens is 373 g/mol. The van der Waals surface area contributed by atoms with Crippen molar-refractivity contribution in [1.29, 1.82) is 0 Å². The first-order valence-electron chi connectivity index (χ1n) is 8.23. The Kier molecular flexibility index (Phi) is 5.39. The number of rotatable bonds is 3. The van der Waals surface area contributed by atoms with Crippen LogP contribution >= 0.6 is 23.2 Å². The van der Waals surface area contributed by atoms with E-state index in [0.29, 0.717) is 22.3 Å². The highest BCUT2D eigenvalue weighted by Gasteiger charge is 2.31. The van der Waals surface area contributed by atoms with Gasteiger partial charge in [0.15, 0.2) is 0 Å². The minimum atomic E-state index is -0.408. The zero-order chi connectivity index (χ0) is 18.8. The average Bonchev–Trinajstić information content (AvgIpc) is 2.93. The lowest BCUT2D eigenvalue weighted by Gasteiger charge is -2.18. The molecule has 1 saturated heterocycles. The summed E-state index contributed by atoms with van der Waals surface area (Å²) in [5, 5.41) is 6.35. The SMILES string of the molecule is Cc1ccc(N2C[C@@H](NC(=O)Nc3ccc(Cl)cc3Cl)CC2=O)cc1C. The molecule has 1 fully saturated rings.